The molecule has 0 saturated heterocycles. The molecule has 16 heavy (non-hydrogen) atoms. The molecule has 0 rings (SSSR count). The highest BCUT2D eigenvalue weighted by molar-refractivity contribution is 8.21. The molecule has 0 fully saturated rings. The molecule has 0 atom stereocenters. The Labute approximate surface area is 108 Å². The van der Waals surface area contributed by atoms with Gasteiger partial charge in [-0.1, -0.05) is 12.2 Å². The zero-order valence-corrected chi connectivity index (χ0v) is 12.1. The second kappa shape index (κ2) is 8.64. The number of urea groups is 1. The Morgan fingerprint density at radius 3 is 1.88 bits per heavy atom. The van der Waals surface area contributed by atoms with E-state index in [0.717, 1.165) is 13.1 Å². The minimum Gasteiger partial charge on any atom is -0.357 e. The first-order valence-corrected chi connectivity index (χ1v) is 6.83. The van der Waals surface area contributed by atoms with E-state index in [2.05, 4.69) is 4.72 Å². The van der Waals surface area contributed by atoms with Crippen LogP contribution in [0.25, 0.3) is 0 Å². The van der Waals surface area contributed by atoms with Crippen molar-refractivity contribution in [1.29, 1.82) is 0 Å². The molecule has 94 valence electrons. The molecule has 1 N–H and O–H groups in total. The van der Waals surface area contributed by atoms with Gasteiger partial charge in [0.2, 0.25) is 0 Å². The standard InChI is InChI=1S/C10H21N3OS2/c1-5-12(6-2)9(14)11-16-10(15)13(7-3)8-4/h5-8H2,1-4H3,(H,11,14). The molecule has 2 amide bonds. The highest BCUT2D eigenvalue weighted by atomic mass is 32.2. The lowest BCUT2D eigenvalue weighted by atomic mass is 10.5. The zero-order valence-electron chi connectivity index (χ0n) is 10.4. The minimum atomic E-state index is -0.0792. The molecule has 0 aliphatic heterocycles. The quantitative estimate of drug-likeness (QED) is 0.624. The Morgan fingerprint density at radius 2 is 1.50 bits per heavy atom. The predicted octanol–water partition coefficient (Wildman–Crippen LogP) is 2.31. The summed E-state index contributed by atoms with van der Waals surface area (Å²) in [5, 5.41) is 0. The van der Waals surface area contributed by atoms with Crippen molar-refractivity contribution in [2.24, 2.45) is 0 Å². The normalized spacial score (nSPS) is 9.75. The van der Waals surface area contributed by atoms with Gasteiger partial charge in [-0.15, -0.1) is 0 Å². The molecule has 0 radical (unpaired) electrons. The lowest BCUT2D eigenvalue weighted by molar-refractivity contribution is 0.210. The maximum Gasteiger partial charge on any atom is 0.327 e. The van der Waals surface area contributed by atoms with Gasteiger partial charge < -0.3 is 9.80 Å². The van der Waals surface area contributed by atoms with Crippen molar-refractivity contribution in [3.05, 3.63) is 0 Å². The van der Waals surface area contributed by atoms with Gasteiger partial charge in [0.15, 0.2) is 4.32 Å². The molecule has 0 aromatic heterocycles. The molecule has 4 nitrogen and oxygen atoms in total. The van der Waals surface area contributed by atoms with Crippen LogP contribution in [0.2, 0.25) is 0 Å². The number of thiocarbonyl (C=S) groups is 1. The fourth-order valence-corrected chi connectivity index (χ4v) is 2.28. The minimum absolute atomic E-state index is 0.0792. The molecule has 0 heterocycles. The summed E-state index contributed by atoms with van der Waals surface area (Å²) in [6.07, 6.45) is 0. The van der Waals surface area contributed by atoms with E-state index in [0.29, 0.717) is 17.4 Å². The Morgan fingerprint density at radius 1 is 1.06 bits per heavy atom. The van der Waals surface area contributed by atoms with Crippen LogP contribution >= 0.6 is 24.2 Å². The lowest BCUT2D eigenvalue weighted by Crippen LogP contribution is -2.38. The second-order valence-corrected chi connectivity index (χ2v) is 4.56. The monoisotopic (exact) mass is 263 g/mol. The van der Waals surface area contributed by atoms with E-state index in [-0.39, 0.29) is 6.03 Å². The molecule has 0 aromatic carbocycles. The van der Waals surface area contributed by atoms with Crippen LogP contribution in [0.5, 0.6) is 0 Å². The predicted molar refractivity (Wildman–Crippen MR) is 74.6 cm³/mol. The number of carbonyl (C=O) groups excluding carboxylic acids is 1. The van der Waals surface area contributed by atoms with E-state index in [9.17, 15) is 4.79 Å². The van der Waals surface area contributed by atoms with Crippen molar-refractivity contribution >= 4 is 34.5 Å². The van der Waals surface area contributed by atoms with Crippen LogP contribution in [0.3, 0.4) is 0 Å². The van der Waals surface area contributed by atoms with Crippen molar-refractivity contribution in [1.82, 2.24) is 14.5 Å². The smallest absolute Gasteiger partial charge is 0.327 e. The average molecular weight is 263 g/mol. The van der Waals surface area contributed by atoms with Crippen molar-refractivity contribution in [3.8, 4) is 0 Å². The third kappa shape index (κ3) is 5.03. The number of rotatable bonds is 4. The van der Waals surface area contributed by atoms with Gasteiger partial charge in [-0.2, -0.15) is 0 Å². The van der Waals surface area contributed by atoms with Gasteiger partial charge in [0, 0.05) is 38.1 Å². The highest BCUT2D eigenvalue weighted by Crippen LogP contribution is 2.06. The average Bonchev–Trinajstić information content (AvgIpc) is 2.29. The van der Waals surface area contributed by atoms with Crippen molar-refractivity contribution < 1.29 is 4.79 Å². The maximum absolute atomic E-state index is 11.6. The molecular formula is C10H21N3OS2. The highest BCUT2D eigenvalue weighted by Gasteiger charge is 2.12. The third-order valence-electron chi connectivity index (χ3n) is 2.30. The Hall–Kier alpha value is -0.490. The fourth-order valence-electron chi connectivity index (χ4n) is 1.21. The van der Waals surface area contributed by atoms with Crippen molar-refractivity contribution in [3.63, 3.8) is 0 Å². The van der Waals surface area contributed by atoms with Crippen LogP contribution in [-0.4, -0.2) is 46.3 Å². The van der Waals surface area contributed by atoms with E-state index in [1.165, 1.54) is 11.9 Å². The summed E-state index contributed by atoms with van der Waals surface area (Å²) >= 11 is 6.42. The topological polar surface area (TPSA) is 35.6 Å². The Kier molecular flexibility index (Phi) is 8.37. The lowest BCUT2D eigenvalue weighted by Gasteiger charge is -2.23. The summed E-state index contributed by atoms with van der Waals surface area (Å²) < 4.78 is 3.47. The van der Waals surface area contributed by atoms with Crippen molar-refractivity contribution in [2.75, 3.05) is 26.2 Å². The molecule has 6 heteroatoms. The van der Waals surface area contributed by atoms with Gasteiger partial charge in [0.25, 0.3) is 0 Å². The third-order valence-corrected chi connectivity index (χ3v) is 3.52. The Bertz CT molecular complexity index is 204. The van der Waals surface area contributed by atoms with E-state index in [1.807, 2.05) is 32.6 Å². The van der Waals surface area contributed by atoms with Gasteiger partial charge in [-0.05, 0) is 27.7 Å². The number of nitrogens with zero attached hydrogens (tertiary/aromatic N) is 2. The second-order valence-electron chi connectivity index (χ2n) is 3.12. The number of carbonyl (C=O) groups is 1. The Balaban J connectivity index is 4.04. The van der Waals surface area contributed by atoms with Crippen LogP contribution in [0, 0.1) is 0 Å². The largest absolute Gasteiger partial charge is 0.357 e. The number of amides is 2. The fraction of sp³-hybridized carbons (Fsp3) is 0.800. The van der Waals surface area contributed by atoms with Crippen LogP contribution < -0.4 is 4.72 Å². The molecule has 0 aromatic rings. The number of hydrogen-bond donors (Lipinski definition) is 1. The van der Waals surface area contributed by atoms with Crippen LogP contribution in [0.4, 0.5) is 4.79 Å². The number of hydrogen-bond acceptors (Lipinski definition) is 3. The molecule has 0 spiro atoms. The van der Waals surface area contributed by atoms with Gasteiger partial charge >= 0.3 is 6.03 Å². The molecule has 0 aliphatic rings. The van der Waals surface area contributed by atoms with Crippen LogP contribution in [0.1, 0.15) is 27.7 Å². The molecule has 0 saturated carbocycles. The summed E-state index contributed by atoms with van der Waals surface area (Å²) in [6, 6.07) is -0.0792. The molecule has 0 bridgehead atoms. The SMILES string of the molecule is CCN(CC)C(=O)NSC(=S)N(CC)CC. The van der Waals surface area contributed by atoms with Crippen LogP contribution in [0.15, 0.2) is 0 Å². The summed E-state index contributed by atoms with van der Waals surface area (Å²) in [6.45, 7) is 11.1. The first-order valence-electron chi connectivity index (χ1n) is 5.61. The summed E-state index contributed by atoms with van der Waals surface area (Å²) in [5.41, 5.74) is 0. The number of nitrogens with one attached hydrogen (secondary N) is 1. The van der Waals surface area contributed by atoms with Gasteiger partial charge in [0.1, 0.15) is 0 Å². The van der Waals surface area contributed by atoms with Crippen LogP contribution in [-0.2, 0) is 0 Å². The van der Waals surface area contributed by atoms with E-state index in [4.69, 9.17) is 12.2 Å². The van der Waals surface area contributed by atoms with Gasteiger partial charge in [-0.3, -0.25) is 4.72 Å². The van der Waals surface area contributed by atoms with E-state index < -0.39 is 0 Å². The first kappa shape index (κ1) is 15.5. The van der Waals surface area contributed by atoms with E-state index in [1.54, 1.807) is 4.90 Å². The van der Waals surface area contributed by atoms with Gasteiger partial charge in [-0.25, -0.2) is 4.79 Å². The maximum atomic E-state index is 11.6. The van der Waals surface area contributed by atoms with Crippen molar-refractivity contribution in [2.45, 2.75) is 27.7 Å². The molecular weight excluding hydrogens is 242 g/mol. The first-order chi connectivity index (χ1) is 7.60. The zero-order chi connectivity index (χ0) is 12.6. The summed E-state index contributed by atoms with van der Waals surface area (Å²) in [7, 11) is 0. The van der Waals surface area contributed by atoms with E-state index >= 15 is 0 Å². The summed E-state index contributed by atoms with van der Waals surface area (Å²) in [5.74, 6) is 0. The molecule has 0 unspecified atom stereocenters. The summed E-state index contributed by atoms with van der Waals surface area (Å²) in [4.78, 5) is 15.4. The molecule has 0 aliphatic carbocycles. The van der Waals surface area contributed by atoms with Gasteiger partial charge in [0.05, 0.1) is 0 Å².